The molecule has 53 heavy (non-hydrogen) atoms. The van der Waals surface area contributed by atoms with E-state index in [1.807, 2.05) is 19.9 Å². The van der Waals surface area contributed by atoms with Crippen LogP contribution < -0.4 is 16.1 Å². The summed E-state index contributed by atoms with van der Waals surface area (Å²) >= 11 is 0. The molecule has 1 saturated heterocycles. The van der Waals surface area contributed by atoms with Crippen LogP contribution in [0.25, 0.3) is 0 Å². The number of cyclic esters (lactones) is 1. The quantitative estimate of drug-likeness (QED) is 0.179. The number of esters is 1. The minimum atomic E-state index is -1.41. The summed E-state index contributed by atoms with van der Waals surface area (Å²) in [4.78, 5) is 67.3. The summed E-state index contributed by atoms with van der Waals surface area (Å²) in [6, 6.07) is 0.157. The van der Waals surface area contributed by atoms with Crippen molar-refractivity contribution < 1.29 is 48.4 Å². The number of hydrazine groups is 1. The average Bonchev–Trinajstić information content (AvgIpc) is 3.12. The number of carbonyl (C=O) groups is 5. The van der Waals surface area contributed by atoms with Gasteiger partial charge >= 0.3 is 5.97 Å². The van der Waals surface area contributed by atoms with Crippen molar-refractivity contribution in [2.24, 2.45) is 17.8 Å². The molecule has 1 aromatic rings. The summed E-state index contributed by atoms with van der Waals surface area (Å²) in [5.41, 5.74) is 4.07. The Bertz CT molecular complexity index is 1560. The zero-order valence-electron chi connectivity index (χ0n) is 31.4. The number of fused-ring (bicyclic) bond motifs is 2. The van der Waals surface area contributed by atoms with Gasteiger partial charge < -0.3 is 35.5 Å². The number of ether oxygens (including phenoxy) is 1. The Labute approximate surface area is 310 Å². The molecule has 1 fully saturated rings. The molecule has 2 aliphatic rings. The van der Waals surface area contributed by atoms with Crippen LogP contribution >= 0.6 is 0 Å². The van der Waals surface area contributed by atoms with E-state index in [-0.39, 0.29) is 31.6 Å². The van der Waals surface area contributed by atoms with Gasteiger partial charge in [0.25, 0.3) is 5.91 Å². The van der Waals surface area contributed by atoms with Gasteiger partial charge in [0.1, 0.15) is 30.0 Å². The van der Waals surface area contributed by atoms with Gasteiger partial charge in [-0.2, -0.15) is 0 Å². The largest absolute Gasteiger partial charge is 0.505 e. The number of Topliss-reactive ketones (excluding diaryl/α,β-unsaturated/α-hetero) is 1. The van der Waals surface area contributed by atoms with Gasteiger partial charge in [0.05, 0.1) is 18.1 Å². The number of hydrogen-bond acceptors (Lipinski definition) is 10. The fourth-order valence-electron chi connectivity index (χ4n) is 6.23. The summed E-state index contributed by atoms with van der Waals surface area (Å²) in [7, 11) is 0. The number of nitrogens with one attached hydrogen (secondary N) is 3. The zero-order chi connectivity index (χ0) is 39.4. The van der Waals surface area contributed by atoms with E-state index >= 15 is 0 Å². The third-order valence-electron chi connectivity index (χ3n) is 9.81. The number of aliphatic hydroxyl groups is 2. The first kappa shape index (κ1) is 43.0. The minimum absolute atomic E-state index is 0.0304. The van der Waals surface area contributed by atoms with E-state index in [2.05, 4.69) is 16.1 Å². The fourth-order valence-corrected chi connectivity index (χ4v) is 6.23. The van der Waals surface area contributed by atoms with E-state index in [4.69, 9.17) is 4.74 Å². The highest BCUT2D eigenvalue weighted by Crippen LogP contribution is 2.24. The van der Waals surface area contributed by atoms with Gasteiger partial charge in [-0.05, 0) is 69.2 Å². The molecular weight excluding hydrogens is 687 g/mol. The molecule has 13 nitrogen and oxygen atoms in total. The van der Waals surface area contributed by atoms with Crippen LogP contribution in [0.5, 0.6) is 5.75 Å². The Morgan fingerprint density at radius 1 is 1.09 bits per heavy atom. The number of ketones is 1. The highest BCUT2D eigenvalue weighted by atomic mass is 19.1. The van der Waals surface area contributed by atoms with Gasteiger partial charge in [-0.25, -0.2) is 9.82 Å². The zero-order valence-corrected chi connectivity index (χ0v) is 31.4. The fraction of sp³-hybridized carbons (Fsp3) is 0.564. The standard InChI is InChI=1S/C39H55FN4O9/c1-7-23(4)33-14-10-8-9-13-31(46)25(6)35(48)27(17-15-24(5)45)36(49)42-34(22(2)3)37(50)41-30(20-26-16-18-28(40)32(47)21-26)38(51)44-19-11-12-29(43-44)39(52)53-33/h7-10,13,16,18,21-22,25,27,29-31,33-35,43,46-48H,11-12,14-15,17,19-20H2,1-6H3,(H,41,50)(H,42,49)/b10-8+,13-9+,23-7+/t25-,27+,29?,30-,31-,33-,34-,35+/m0/s1. The minimum Gasteiger partial charge on any atom is -0.505 e. The van der Waals surface area contributed by atoms with Crippen LogP contribution in [0.3, 0.4) is 0 Å². The number of rotatable bonds is 7. The Morgan fingerprint density at radius 3 is 2.45 bits per heavy atom. The maximum absolute atomic E-state index is 14.1. The van der Waals surface area contributed by atoms with E-state index in [9.17, 15) is 43.7 Å². The lowest BCUT2D eigenvalue weighted by molar-refractivity contribution is -0.156. The van der Waals surface area contributed by atoms with E-state index in [0.717, 1.165) is 17.7 Å². The number of benzene rings is 1. The molecule has 2 heterocycles. The Morgan fingerprint density at radius 2 is 1.81 bits per heavy atom. The summed E-state index contributed by atoms with van der Waals surface area (Å²) < 4.78 is 19.8. The van der Waals surface area contributed by atoms with Crippen molar-refractivity contribution in [3.63, 3.8) is 0 Å². The van der Waals surface area contributed by atoms with Gasteiger partial charge in [0, 0.05) is 31.7 Å². The Balaban J connectivity index is 2.07. The number of halogens is 1. The number of amides is 3. The molecule has 14 heteroatoms. The molecule has 0 spiro atoms. The Hall–Kier alpha value is -4.40. The maximum atomic E-state index is 14.1. The molecule has 0 radical (unpaired) electrons. The molecule has 8 atom stereocenters. The molecule has 1 unspecified atom stereocenters. The van der Waals surface area contributed by atoms with Gasteiger partial charge in [0.2, 0.25) is 11.8 Å². The van der Waals surface area contributed by atoms with E-state index in [1.54, 1.807) is 39.0 Å². The Kier molecular flexibility index (Phi) is 16.4. The van der Waals surface area contributed by atoms with Crippen molar-refractivity contribution in [1.82, 2.24) is 21.1 Å². The van der Waals surface area contributed by atoms with Crippen molar-refractivity contribution in [1.29, 1.82) is 0 Å². The van der Waals surface area contributed by atoms with Gasteiger partial charge in [-0.15, -0.1) is 0 Å². The summed E-state index contributed by atoms with van der Waals surface area (Å²) in [6.07, 6.45) is 5.95. The first-order valence-electron chi connectivity index (χ1n) is 18.2. The topological polar surface area (TPSA) is 195 Å². The smallest absolute Gasteiger partial charge is 0.325 e. The monoisotopic (exact) mass is 742 g/mol. The van der Waals surface area contributed by atoms with Crippen molar-refractivity contribution >= 4 is 29.5 Å². The van der Waals surface area contributed by atoms with E-state index < -0.39 is 89.4 Å². The van der Waals surface area contributed by atoms with Crippen LogP contribution in [-0.4, -0.2) is 92.8 Å². The molecule has 6 N–H and O–H groups in total. The van der Waals surface area contributed by atoms with E-state index in [1.165, 1.54) is 24.1 Å². The van der Waals surface area contributed by atoms with Crippen LogP contribution in [0.4, 0.5) is 4.39 Å². The normalized spacial score (nSPS) is 30.0. The number of carbonyl (C=O) groups excluding carboxylic acids is 5. The third-order valence-corrected chi connectivity index (χ3v) is 9.81. The van der Waals surface area contributed by atoms with Crippen molar-refractivity contribution in [2.75, 3.05) is 6.54 Å². The summed E-state index contributed by atoms with van der Waals surface area (Å²) in [5.74, 6) is -6.92. The number of phenolic OH excluding ortho intramolecular Hbond substituents is 1. The SMILES string of the molecule is C/C=C(\C)[C@@H]1C/C=C/C=C/[C@H](O)[C@H](C)[C@@H](O)[C@@H](CCC(C)=O)C(=O)N[C@@H](C(C)C)C(=O)N[C@@H](Cc2ccc(F)c(O)c2)C(=O)N2CCCC(N2)C(=O)O1. The summed E-state index contributed by atoms with van der Waals surface area (Å²) in [5, 5.41) is 39.0. The lowest BCUT2D eigenvalue weighted by Crippen LogP contribution is -2.62. The van der Waals surface area contributed by atoms with Crippen LogP contribution in [-0.2, 0) is 35.1 Å². The first-order valence-corrected chi connectivity index (χ1v) is 18.2. The van der Waals surface area contributed by atoms with Crippen molar-refractivity contribution in [3.8, 4) is 5.75 Å². The molecule has 2 bridgehead atoms. The number of hydrogen-bond donors (Lipinski definition) is 6. The third kappa shape index (κ3) is 12.3. The second-order valence-corrected chi connectivity index (χ2v) is 14.3. The molecule has 0 aliphatic carbocycles. The van der Waals surface area contributed by atoms with Crippen LogP contribution in [0.15, 0.2) is 54.2 Å². The predicted octanol–water partition coefficient (Wildman–Crippen LogP) is 2.93. The molecule has 3 amide bonds. The highest BCUT2D eigenvalue weighted by molar-refractivity contribution is 5.93. The highest BCUT2D eigenvalue weighted by Gasteiger charge is 2.38. The van der Waals surface area contributed by atoms with Crippen molar-refractivity contribution in [3.05, 3.63) is 65.5 Å². The van der Waals surface area contributed by atoms with Crippen LogP contribution in [0, 0.1) is 23.6 Å². The van der Waals surface area contributed by atoms with Crippen LogP contribution in [0.1, 0.15) is 79.2 Å². The average molecular weight is 743 g/mol. The molecule has 0 saturated carbocycles. The van der Waals surface area contributed by atoms with Crippen LogP contribution in [0.2, 0.25) is 0 Å². The molecule has 0 aromatic heterocycles. The van der Waals surface area contributed by atoms with E-state index in [0.29, 0.717) is 24.8 Å². The number of allylic oxidation sites excluding steroid dienone is 3. The number of nitrogens with zero attached hydrogens (tertiary/aromatic N) is 1. The lowest BCUT2D eigenvalue weighted by atomic mass is 9.84. The predicted molar refractivity (Wildman–Crippen MR) is 195 cm³/mol. The maximum Gasteiger partial charge on any atom is 0.325 e. The van der Waals surface area contributed by atoms with Gasteiger partial charge in [-0.3, -0.25) is 24.2 Å². The van der Waals surface area contributed by atoms with Crippen molar-refractivity contribution in [2.45, 2.75) is 117 Å². The lowest BCUT2D eigenvalue weighted by Gasteiger charge is -2.36. The first-order chi connectivity index (χ1) is 25.0. The molecule has 2 aliphatic heterocycles. The van der Waals surface area contributed by atoms with Gasteiger partial charge in [-0.1, -0.05) is 57.2 Å². The molecule has 1 aromatic carbocycles. The second kappa shape index (κ2) is 20.2. The summed E-state index contributed by atoms with van der Waals surface area (Å²) in [6.45, 7) is 10.1. The molecular formula is C39H55FN4O9. The number of aliphatic hydroxyl groups excluding tert-OH is 2. The number of phenols is 1. The second-order valence-electron chi connectivity index (χ2n) is 14.3. The van der Waals surface area contributed by atoms with Gasteiger partial charge in [0.15, 0.2) is 11.6 Å². The molecule has 292 valence electrons. The molecule has 3 rings (SSSR count). The number of aromatic hydroxyl groups is 1.